The van der Waals surface area contributed by atoms with Crippen molar-refractivity contribution >= 4 is 0 Å². The molecule has 0 aliphatic heterocycles. The third kappa shape index (κ3) is 4.49. The zero-order valence-electron chi connectivity index (χ0n) is 10.7. The van der Waals surface area contributed by atoms with E-state index in [-0.39, 0.29) is 18.9 Å². The number of aromatic nitrogens is 3. The SMILES string of the molecule is FC(F)(F)C1CCCC(NCCCn2ccnn2)C1. The Kier molecular flexibility index (Phi) is 4.79. The highest BCUT2D eigenvalue weighted by Gasteiger charge is 2.41. The molecule has 19 heavy (non-hydrogen) atoms. The average Bonchev–Trinajstić information content (AvgIpc) is 2.87. The van der Waals surface area contributed by atoms with Gasteiger partial charge in [-0.15, -0.1) is 5.10 Å². The highest BCUT2D eigenvalue weighted by atomic mass is 19.4. The first-order valence-corrected chi connectivity index (χ1v) is 6.70. The molecule has 0 spiro atoms. The van der Waals surface area contributed by atoms with Crippen LogP contribution < -0.4 is 5.32 Å². The summed E-state index contributed by atoms with van der Waals surface area (Å²) in [4.78, 5) is 0. The molecule has 2 atom stereocenters. The summed E-state index contributed by atoms with van der Waals surface area (Å²) in [5.41, 5.74) is 0. The van der Waals surface area contributed by atoms with Gasteiger partial charge < -0.3 is 5.32 Å². The van der Waals surface area contributed by atoms with Crippen LogP contribution in [0.4, 0.5) is 13.2 Å². The van der Waals surface area contributed by atoms with Gasteiger partial charge in [0.1, 0.15) is 0 Å². The van der Waals surface area contributed by atoms with Crippen molar-refractivity contribution in [3.05, 3.63) is 12.4 Å². The van der Waals surface area contributed by atoms with Crippen LogP contribution in [0.25, 0.3) is 0 Å². The Labute approximate surface area is 110 Å². The standard InChI is InChI=1S/C12H19F3N4/c13-12(14,15)10-3-1-4-11(9-10)16-5-2-7-19-8-6-17-18-19/h6,8,10-11,16H,1-5,7,9H2. The fraction of sp³-hybridized carbons (Fsp3) is 0.833. The minimum atomic E-state index is -4.04. The predicted molar refractivity (Wildman–Crippen MR) is 64.4 cm³/mol. The Hall–Kier alpha value is -1.11. The molecule has 108 valence electrons. The van der Waals surface area contributed by atoms with E-state index >= 15 is 0 Å². The van der Waals surface area contributed by atoms with Crippen LogP contribution in [-0.4, -0.2) is 33.8 Å². The van der Waals surface area contributed by atoms with E-state index in [0.29, 0.717) is 6.42 Å². The summed E-state index contributed by atoms with van der Waals surface area (Å²) in [6.07, 6.45) is 2.19. The molecule has 0 aromatic carbocycles. The van der Waals surface area contributed by atoms with E-state index in [0.717, 1.165) is 25.9 Å². The van der Waals surface area contributed by atoms with E-state index in [2.05, 4.69) is 15.6 Å². The lowest BCUT2D eigenvalue weighted by Crippen LogP contribution is -2.39. The molecule has 0 saturated heterocycles. The molecule has 1 heterocycles. The fourth-order valence-corrected chi connectivity index (χ4v) is 2.57. The second kappa shape index (κ2) is 6.36. The van der Waals surface area contributed by atoms with Crippen molar-refractivity contribution in [3.8, 4) is 0 Å². The van der Waals surface area contributed by atoms with Crippen LogP contribution >= 0.6 is 0 Å². The van der Waals surface area contributed by atoms with Crippen LogP contribution in [-0.2, 0) is 6.54 Å². The summed E-state index contributed by atoms with van der Waals surface area (Å²) in [6, 6.07) is -0.00359. The third-order valence-corrected chi connectivity index (χ3v) is 3.61. The molecule has 0 radical (unpaired) electrons. The van der Waals surface area contributed by atoms with Gasteiger partial charge in [-0.25, -0.2) is 0 Å². The van der Waals surface area contributed by atoms with E-state index in [4.69, 9.17) is 0 Å². The molecule has 1 aromatic rings. The molecule has 2 rings (SSSR count). The number of nitrogens with one attached hydrogen (secondary N) is 1. The predicted octanol–water partition coefficient (Wildman–Crippen LogP) is 2.38. The van der Waals surface area contributed by atoms with Gasteiger partial charge >= 0.3 is 6.18 Å². The molecule has 7 heteroatoms. The van der Waals surface area contributed by atoms with E-state index in [1.54, 1.807) is 17.1 Å². The molecular weight excluding hydrogens is 257 g/mol. The van der Waals surface area contributed by atoms with Gasteiger partial charge in [0.25, 0.3) is 0 Å². The number of alkyl halides is 3. The maximum absolute atomic E-state index is 12.6. The minimum absolute atomic E-state index is 0.00359. The van der Waals surface area contributed by atoms with Crippen LogP contribution in [0.15, 0.2) is 12.4 Å². The Morgan fingerprint density at radius 2 is 2.16 bits per heavy atom. The Morgan fingerprint density at radius 3 is 2.84 bits per heavy atom. The lowest BCUT2D eigenvalue weighted by Gasteiger charge is -2.31. The summed E-state index contributed by atoms with van der Waals surface area (Å²) in [5, 5.41) is 10.8. The summed E-state index contributed by atoms with van der Waals surface area (Å²) >= 11 is 0. The van der Waals surface area contributed by atoms with Crippen LogP contribution in [0.5, 0.6) is 0 Å². The van der Waals surface area contributed by atoms with Crippen molar-refractivity contribution in [1.82, 2.24) is 20.3 Å². The van der Waals surface area contributed by atoms with Gasteiger partial charge in [0.05, 0.1) is 12.1 Å². The summed E-state index contributed by atoms with van der Waals surface area (Å²) in [6.45, 7) is 1.46. The zero-order chi connectivity index (χ0) is 13.7. The molecule has 1 N–H and O–H groups in total. The monoisotopic (exact) mass is 276 g/mol. The first-order chi connectivity index (χ1) is 9.05. The zero-order valence-corrected chi connectivity index (χ0v) is 10.7. The average molecular weight is 276 g/mol. The molecule has 0 amide bonds. The van der Waals surface area contributed by atoms with E-state index < -0.39 is 12.1 Å². The Morgan fingerprint density at radius 1 is 1.32 bits per heavy atom. The lowest BCUT2D eigenvalue weighted by atomic mass is 9.85. The van der Waals surface area contributed by atoms with Crippen molar-refractivity contribution in [3.63, 3.8) is 0 Å². The number of hydrogen-bond donors (Lipinski definition) is 1. The maximum Gasteiger partial charge on any atom is 0.391 e. The van der Waals surface area contributed by atoms with Gasteiger partial charge in [0, 0.05) is 18.8 Å². The van der Waals surface area contributed by atoms with Crippen molar-refractivity contribution in [2.24, 2.45) is 5.92 Å². The van der Waals surface area contributed by atoms with Crippen LogP contribution in [0.1, 0.15) is 32.1 Å². The second-order valence-corrected chi connectivity index (χ2v) is 5.08. The highest BCUT2D eigenvalue weighted by molar-refractivity contribution is 4.81. The number of nitrogens with zero attached hydrogens (tertiary/aromatic N) is 3. The number of halogens is 3. The molecule has 1 aliphatic carbocycles. The highest BCUT2D eigenvalue weighted by Crippen LogP contribution is 2.37. The van der Waals surface area contributed by atoms with E-state index in [9.17, 15) is 13.2 Å². The van der Waals surface area contributed by atoms with Crippen LogP contribution in [0.2, 0.25) is 0 Å². The summed E-state index contributed by atoms with van der Waals surface area (Å²) in [7, 11) is 0. The summed E-state index contributed by atoms with van der Waals surface area (Å²) in [5.74, 6) is -1.13. The smallest absolute Gasteiger partial charge is 0.314 e. The minimum Gasteiger partial charge on any atom is -0.314 e. The Bertz CT molecular complexity index is 364. The number of aryl methyl sites for hydroxylation is 1. The summed E-state index contributed by atoms with van der Waals surface area (Å²) < 4.78 is 39.7. The van der Waals surface area contributed by atoms with Crippen LogP contribution in [0.3, 0.4) is 0 Å². The van der Waals surface area contributed by atoms with Gasteiger partial charge in [-0.05, 0) is 32.2 Å². The molecule has 1 fully saturated rings. The molecule has 2 unspecified atom stereocenters. The van der Waals surface area contributed by atoms with Crippen molar-refractivity contribution < 1.29 is 13.2 Å². The first kappa shape index (κ1) is 14.3. The fourth-order valence-electron chi connectivity index (χ4n) is 2.57. The maximum atomic E-state index is 12.6. The molecule has 1 aromatic heterocycles. The normalized spacial score (nSPS) is 24.6. The molecule has 1 aliphatic rings. The van der Waals surface area contributed by atoms with Crippen molar-refractivity contribution in [2.45, 2.75) is 50.9 Å². The number of rotatable bonds is 5. The topological polar surface area (TPSA) is 42.7 Å². The van der Waals surface area contributed by atoms with Gasteiger partial charge in [-0.3, -0.25) is 4.68 Å². The molecule has 0 bridgehead atoms. The lowest BCUT2D eigenvalue weighted by molar-refractivity contribution is -0.183. The van der Waals surface area contributed by atoms with Crippen molar-refractivity contribution in [1.29, 1.82) is 0 Å². The Balaban J connectivity index is 1.65. The second-order valence-electron chi connectivity index (χ2n) is 5.08. The first-order valence-electron chi connectivity index (χ1n) is 6.70. The van der Waals surface area contributed by atoms with Crippen LogP contribution in [0, 0.1) is 5.92 Å². The molecule has 1 saturated carbocycles. The van der Waals surface area contributed by atoms with Gasteiger partial charge in [-0.1, -0.05) is 11.6 Å². The van der Waals surface area contributed by atoms with Gasteiger partial charge in [0.15, 0.2) is 0 Å². The third-order valence-electron chi connectivity index (χ3n) is 3.61. The quantitative estimate of drug-likeness (QED) is 0.840. The van der Waals surface area contributed by atoms with E-state index in [1.807, 2.05) is 0 Å². The van der Waals surface area contributed by atoms with Gasteiger partial charge in [0.2, 0.25) is 0 Å². The number of hydrogen-bond acceptors (Lipinski definition) is 3. The van der Waals surface area contributed by atoms with E-state index in [1.165, 1.54) is 0 Å². The van der Waals surface area contributed by atoms with Gasteiger partial charge in [-0.2, -0.15) is 13.2 Å². The molecular formula is C12H19F3N4. The largest absolute Gasteiger partial charge is 0.391 e. The van der Waals surface area contributed by atoms with Crippen molar-refractivity contribution in [2.75, 3.05) is 6.54 Å². The molecule has 4 nitrogen and oxygen atoms in total.